The van der Waals surface area contributed by atoms with Crippen LogP contribution in [0, 0.1) is 5.82 Å². The Morgan fingerprint density at radius 3 is 2.64 bits per heavy atom. The minimum Gasteiger partial charge on any atom is -0.376 e. The lowest BCUT2D eigenvalue weighted by Crippen LogP contribution is -2.25. The van der Waals surface area contributed by atoms with E-state index in [9.17, 15) is 9.18 Å². The van der Waals surface area contributed by atoms with Crippen LogP contribution in [-0.4, -0.2) is 10.8 Å². The molecule has 0 amide bonds. The molecule has 4 heteroatoms. The number of hydrogen-bond donors (Lipinski definition) is 1. The number of rotatable bonds is 4. The van der Waals surface area contributed by atoms with Gasteiger partial charge in [-0.05, 0) is 31.0 Å². The van der Waals surface area contributed by atoms with E-state index in [1.165, 1.54) is 6.07 Å². The lowest BCUT2D eigenvalue weighted by Gasteiger charge is -2.23. The van der Waals surface area contributed by atoms with E-state index < -0.39 is 6.04 Å². The van der Waals surface area contributed by atoms with Crippen molar-refractivity contribution in [3.8, 4) is 0 Å². The molecule has 0 saturated heterocycles. The number of halogens is 1. The summed E-state index contributed by atoms with van der Waals surface area (Å²) in [4.78, 5) is 15.9. The van der Waals surface area contributed by atoms with E-state index in [1.54, 1.807) is 30.5 Å². The molecule has 1 aliphatic rings. The summed E-state index contributed by atoms with van der Waals surface area (Å²) < 4.78 is 14.2. The van der Waals surface area contributed by atoms with Crippen molar-refractivity contribution in [2.45, 2.75) is 25.3 Å². The molecule has 1 N–H and O–H groups in total. The minimum absolute atomic E-state index is 0.113. The van der Waals surface area contributed by atoms with Crippen LogP contribution in [0.3, 0.4) is 0 Å². The van der Waals surface area contributed by atoms with Crippen LogP contribution in [0.1, 0.15) is 36.6 Å². The lowest BCUT2D eigenvalue weighted by atomic mass is 9.99. The number of hydrogen-bond acceptors (Lipinski definition) is 3. The molecule has 3 nitrogen and oxygen atoms in total. The number of ketones is 1. The van der Waals surface area contributed by atoms with Crippen LogP contribution in [0.25, 0.3) is 0 Å². The van der Waals surface area contributed by atoms with Crippen LogP contribution in [0.5, 0.6) is 0 Å². The Hall–Kier alpha value is -2.49. The van der Waals surface area contributed by atoms with Gasteiger partial charge in [0.1, 0.15) is 5.82 Å². The Kier molecular flexibility index (Phi) is 4.28. The van der Waals surface area contributed by atoms with Gasteiger partial charge in [0.25, 0.3) is 0 Å². The smallest absolute Gasteiger partial charge is 0.157 e. The molecular weight excluding hydrogens is 279 g/mol. The molecule has 1 aliphatic carbocycles. The summed E-state index contributed by atoms with van der Waals surface area (Å²) in [5, 5.41) is 3.30. The molecule has 0 bridgehead atoms. The van der Waals surface area contributed by atoms with E-state index in [4.69, 9.17) is 0 Å². The zero-order chi connectivity index (χ0) is 15.4. The summed E-state index contributed by atoms with van der Waals surface area (Å²) in [7, 11) is 0. The van der Waals surface area contributed by atoms with Crippen LogP contribution in [-0.2, 0) is 4.79 Å². The molecule has 2 aromatic rings. The van der Waals surface area contributed by atoms with Gasteiger partial charge in [0.05, 0.1) is 11.7 Å². The topological polar surface area (TPSA) is 42.0 Å². The molecule has 0 aliphatic heterocycles. The normalized spacial score (nSPS) is 16.0. The summed E-state index contributed by atoms with van der Waals surface area (Å²) in [5.74, 6) is -0.171. The summed E-state index contributed by atoms with van der Waals surface area (Å²) in [5.41, 5.74) is 2.10. The first-order chi connectivity index (χ1) is 10.7. The number of aromatic nitrogens is 1. The molecular formula is C18H17FN2O. The van der Waals surface area contributed by atoms with Crippen LogP contribution >= 0.6 is 0 Å². The molecule has 0 saturated carbocycles. The van der Waals surface area contributed by atoms with Gasteiger partial charge in [0.15, 0.2) is 5.78 Å². The minimum atomic E-state index is -0.403. The maximum absolute atomic E-state index is 14.2. The maximum atomic E-state index is 14.2. The first-order valence-electron chi connectivity index (χ1n) is 7.39. The second kappa shape index (κ2) is 6.52. The van der Waals surface area contributed by atoms with E-state index in [-0.39, 0.29) is 11.6 Å². The van der Waals surface area contributed by atoms with Crippen molar-refractivity contribution in [1.29, 1.82) is 0 Å². The Labute approximate surface area is 128 Å². The number of carbonyl (C=O) groups is 1. The molecule has 3 rings (SSSR count). The summed E-state index contributed by atoms with van der Waals surface area (Å²) >= 11 is 0. The molecule has 1 heterocycles. The SMILES string of the molecule is O=C1C=C(NC(c2ccccn2)c2ccccc2F)CCC1. The summed E-state index contributed by atoms with van der Waals surface area (Å²) in [6, 6.07) is 11.8. The van der Waals surface area contributed by atoms with E-state index in [0.717, 1.165) is 24.2 Å². The van der Waals surface area contributed by atoms with Crippen molar-refractivity contribution in [2.24, 2.45) is 0 Å². The number of carbonyl (C=O) groups excluding carboxylic acids is 1. The van der Waals surface area contributed by atoms with Crippen molar-refractivity contribution >= 4 is 5.78 Å². The molecule has 1 aromatic carbocycles. The Bertz CT molecular complexity index is 697. The second-order valence-corrected chi connectivity index (χ2v) is 5.34. The second-order valence-electron chi connectivity index (χ2n) is 5.34. The molecule has 0 spiro atoms. The van der Waals surface area contributed by atoms with E-state index >= 15 is 0 Å². The highest BCUT2D eigenvalue weighted by atomic mass is 19.1. The van der Waals surface area contributed by atoms with Gasteiger partial charge in [-0.15, -0.1) is 0 Å². The van der Waals surface area contributed by atoms with Gasteiger partial charge >= 0.3 is 0 Å². The molecule has 112 valence electrons. The monoisotopic (exact) mass is 296 g/mol. The highest BCUT2D eigenvalue weighted by Crippen LogP contribution is 2.26. The van der Waals surface area contributed by atoms with Crippen molar-refractivity contribution in [3.05, 3.63) is 77.5 Å². The molecule has 0 radical (unpaired) electrons. The van der Waals surface area contributed by atoms with Gasteiger partial charge in [0, 0.05) is 30.0 Å². The number of pyridine rings is 1. The number of nitrogens with one attached hydrogen (secondary N) is 1. The van der Waals surface area contributed by atoms with E-state index in [2.05, 4.69) is 10.3 Å². The van der Waals surface area contributed by atoms with Crippen LogP contribution in [0.2, 0.25) is 0 Å². The third kappa shape index (κ3) is 3.22. The largest absolute Gasteiger partial charge is 0.376 e. The van der Waals surface area contributed by atoms with E-state index in [1.807, 2.05) is 18.2 Å². The quantitative estimate of drug-likeness (QED) is 0.938. The molecule has 1 unspecified atom stereocenters. The average molecular weight is 296 g/mol. The van der Waals surface area contributed by atoms with Crippen LogP contribution in [0.15, 0.2) is 60.4 Å². The van der Waals surface area contributed by atoms with Gasteiger partial charge < -0.3 is 5.32 Å². The molecule has 0 fully saturated rings. The Morgan fingerprint density at radius 1 is 1.09 bits per heavy atom. The number of benzene rings is 1. The predicted octanol–water partition coefficient (Wildman–Crippen LogP) is 3.54. The lowest BCUT2D eigenvalue weighted by molar-refractivity contribution is -0.115. The molecule has 1 aromatic heterocycles. The summed E-state index contributed by atoms with van der Waals surface area (Å²) in [6.45, 7) is 0. The Balaban J connectivity index is 1.97. The highest BCUT2D eigenvalue weighted by molar-refractivity contribution is 5.91. The van der Waals surface area contributed by atoms with Crippen LogP contribution in [0.4, 0.5) is 4.39 Å². The average Bonchev–Trinajstić information content (AvgIpc) is 2.54. The fourth-order valence-corrected chi connectivity index (χ4v) is 2.66. The fraction of sp³-hybridized carbons (Fsp3) is 0.222. The van der Waals surface area contributed by atoms with Gasteiger partial charge in [-0.2, -0.15) is 0 Å². The van der Waals surface area contributed by atoms with E-state index in [0.29, 0.717) is 12.0 Å². The Morgan fingerprint density at radius 2 is 1.91 bits per heavy atom. The third-order valence-corrected chi connectivity index (χ3v) is 3.73. The predicted molar refractivity (Wildman–Crippen MR) is 82.6 cm³/mol. The summed E-state index contributed by atoms with van der Waals surface area (Å²) in [6.07, 6.45) is 5.51. The molecule has 1 atom stereocenters. The number of allylic oxidation sites excluding steroid dienone is 2. The van der Waals surface area contributed by atoms with Gasteiger partial charge in [-0.1, -0.05) is 24.3 Å². The maximum Gasteiger partial charge on any atom is 0.157 e. The fourth-order valence-electron chi connectivity index (χ4n) is 2.66. The zero-order valence-electron chi connectivity index (χ0n) is 12.1. The third-order valence-electron chi connectivity index (χ3n) is 3.73. The van der Waals surface area contributed by atoms with Gasteiger partial charge in [-0.25, -0.2) is 4.39 Å². The van der Waals surface area contributed by atoms with Crippen LogP contribution < -0.4 is 5.32 Å². The van der Waals surface area contributed by atoms with Crippen molar-refractivity contribution in [1.82, 2.24) is 10.3 Å². The standard InChI is InChI=1S/C18H17FN2O/c19-16-9-2-1-8-15(16)18(17-10-3-4-11-20-17)21-13-6-5-7-14(22)12-13/h1-4,8-12,18,21H,5-7H2. The molecule has 22 heavy (non-hydrogen) atoms. The van der Waals surface area contributed by atoms with Crippen molar-refractivity contribution < 1.29 is 9.18 Å². The highest BCUT2D eigenvalue weighted by Gasteiger charge is 2.21. The zero-order valence-corrected chi connectivity index (χ0v) is 12.1. The number of nitrogens with zero attached hydrogens (tertiary/aromatic N) is 1. The van der Waals surface area contributed by atoms with Crippen molar-refractivity contribution in [3.63, 3.8) is 0 Å². The van der Waals surface area contributed by atoms with Gasteiger partial charge in [-0.3, -0.25) is 9.78 Å². The van der Waals surface area contributed by atoms with Crippen molar-refractivity contribution in [2.75, 3.05) is 0 Å². The van der Waals surface area contributed by atoms with Gasteiger partial charge in [0.2, 0.25) is 0 Å². The first-order valence-corrected chi connectivity index (χ1v) is 7.39. The first kappa shape index (κ1) is 14.4.